The van der Waals surface area contributed by atoms with Crippen molar-refractivity contribution in [3.05, 3.63) is 66.3 Å². The number of methoxy groups -OCH3 is 1. The van der Waals surface area contributed by atoms with Crippen molar-refractivity contribution in [1.29, 1.82) is 0 Å². The van der Waals surface area contributed by atoms with E-state index < -0.39 is 28.4 Å². The molecule has 1 rings (SSSR count). The van der Waals surface area contributed by atoms with Crippen molar-refractivity contribution >= 4 is 16.1 Å². The minimum atomic E-state index is -4.13. The number of ether oxygens (including phenoxy) is 1. The molecule has 0 unspecified atom stereocenters. The zero-order valence-electron chi connectivity index (χ0n) is 21.7. The first-order valence-electron chi connectivity index (χ1n) is 12.6. The first-order valence-corrected chi connectivity index (χ1v) is 14.0. The van der Waals surface area contributed by atoms with Gasteiger partial charge in [-0.1, -0.05) is 73.9 Å². The van der Waals surface area contributed by atoms with Crippen LogP contribution in [0.1, 0.15) is 70.3 Å². The third-order valence-electron chi connectivity index (χ3n) is 5.55. The van der Waals surface area contributed by atoms with E-state index >= 15 is 0 Å². The molecule has 0 aliphatic rings. The van der Waals surface area contributed by atoms with Crippen LogP contribution in [-0.2, 0) is 23.8 Å². The van der Waals surface area contributed by atoms with Gasteiger partial charge in [0.15, 0.2) is 0 Å². The minimum Gasteiger partial charge on any atom is -0.469 e. The molecule has 7 nitrogen and oxygen atoms in total. The molecule has 0 saturated carbocycles. The van der Waals surface area contributed by atoms with Crippen LogP contribution >= 0.6 is 0 Å². The van der Waals surface area contributed by atoms with Crippen LogP contribution in [0, 0.1) is 6.92 Å². The zero-order chi connectivity index (χ0) is 26.8. The van der Waals surface area contributed by atoms with E-state index in [2.05, 4.69) is 11.7 Å². The first-order chi connectivity index (χ1) is 17.2. The van der Waals surface area contributed by atoms with Gasteiger partial charge in [0.05, 0.1) is 12.0 Å². The maximum absolute atomic E-state index is 12.8. The summed E-state index contributed by atoms with van der Waals surface area (Å²) in [6, 6.07) is 6.27. The average Bonchev–Trinajstić information content (AvgIpc) is 2.86. The van der Waals surface area contributed by atoms with Gasteiger partial charge < -0.3 is 14.9 Å². The fraction of sp³-hybridized carbons (Fsp3) is 0.536. The van der Waals surface area contributed by atoms with Crippen molar-refractivity contribution in [2.75, 3.05) is 7.11 Å². The number of carbonyl (C=O) groups excluding carboxylic acids is 1. The van der Waals surface area contributed by atoms with Crippen LogP contribution in [0.4, 0.5) is 0 Å². The minimum absolute atomic E-state index is 0.000376. The standard InChI is InChI=1S/C28H42O7S/c1-4-5-6-7-11-14-17-26(35-36(32,33)24-21-19-23(2)20-22-24)28(31)25(29)16-13-10-8-9-12-15-18-27(30)34-3/h8-9,11,13-14,16,19-22,25-26,28-29,31H,4-7,10,12,15,17-18H2,1-3H3/b9-8-,14-11-,16-13-/t25-,26+,28-/m0/s1. The van der Waals surface area contributed by atoms with Gasteiger partial charge in [-0.25, -0.2) is 0 Å². The molecule has 0 spiro atoms. The number of aryl methyl sites for hydroxylation is 1. The van der Waals surface area contributed by atoms with Crippen molar-refractivity contribution in [2.45, 2.75) is 94.8 Å². The topological polar surface area (TPSA) is 110 Å². The highest BCUT2D eigenvalue weighted by molar-refractivity contribution is 7.86. The molecule has 0 bridgehead atoms. The van der Waals surface area contributed by atoms with E-state index in [1.54, 1.807) is 24.3 Å². The van der Waals surface area contributed by atoms with Crippen LogP contribution in [0.2, 0.25) is 0 Å². The predicted octanol–water partition coefficient (Wildman–Crippen LogP) is 5.16. The largest absolute Gasteiger partial charge is 0.469 e. The Morgan fingerprint density at radius 3 is 2.31 bits per heavy atom. The summed E-state index contributed by atoms with van der Waals surface area (Å²) in [5, 5.41) is 21.2. The van der Waals surface area contributed by atoms with Gasteiger partial charge >= 0.3 is 5.97 Å². The number of unbranched alkanes of at least 4 members (excludes halogenated alkanes) is 4. The second-order valence-electron chi connectivity index (χ2n) is 8.69. The Labute approximate surface area is 216 Å². The van der Waals surface area contributed by atoms with Gasteiger partial charge in [0.2, 0.25) is 0 Å². The number of aliphatic hydroxyl groups is 2. The fourth-order valence-electron chi connectivity index (χ4n) is 3.33. The van der Waals surface area contributed by atoms with Crippen LogP contribution in [0.5, 0.6) is 0 Å². The Hall–Kier alpha value is -2.26. The number of carbonyl (C=O) groups is 1. The monoisotopic (exact) mass is 522 g/mol. The third-order valence-corrected chi connectivity index (χ3v) is 6.90. The van der Waals surface area contributed by atoms with Crippen molar-refractivity contribution in [1.82, 2.24) is 0 Å². The van der Waals surface area contributed by atoms with Gasteiger partial charge in [-0.15, -0.1) is 0 Å². The number of rotatable bonds is 18. The Morgan fingerprint density at radius 1 is 0.972 bits per heavy atom. The molecule has 202 valence electrons. The Balaban J connectivity index is 2.76. The smallest absolute Gasteiger partial charge is 0.305 e. The van der Waals surface area contributed by atoms with Crippen LogP contribution in [0.3, 0.4) is 0 Å². The van der Waals surface area contributed by atoms with E-state index in [9.17, 15) is 23.4 Å². The lowest BCUT2D eigenvalue weighted by Crippen LogP contribution is -2.39. The van der Waals surface area contributed by atoms with Gasteiger partial charge in [0, 0.05) is 6.42 Å². The molecule has 0 aliphatic heterocycles. The Kier molecular flexibility index (Phi) is 15.9. The molecule has 1 aromatic rings. The molecule has 0 heterocycles. The van der Waals surface area contributed by atoms with E-state index in [1.807, 2.05) is 25.2 Å². The van der Waals surface area contributed by atoms with Gasteiger partial charge in [-0.2, -0.15) is 8.42 Å². The summed E-state index contributed by atoms with van der Waals surface area (Å²) in [5.41, 5.74) is 0.915. The molecule has 0 amide bonds. The lowest BCUT2D eigenvalue weighted by Gasteiger charge is -2.24. The summed E-state index contributed by atoms with van der Waals surface area (Å²) < 4.78 is 35.6. The Morgan fingerprint density at radius 2 is 1.64 bits per heavy atom. The van der Waals surface area contributed by atoms with Crippen LogP contribution in [-0.4, -0.2) is 50.0 Å². The second kappa shape index (κ2) is 18.1. The molecule has 36 heavy (non-hydrogen) atoms. The average molecular weight is 523 g/mol. The molecular weight excluding hydrogens is 480 g/mol. The van der Waals surface area contributed by atoms with Gasteiger partial charge in [0.1, 0.15) is 18.3 Å². The van der Waals surface area contributed by atoms with Gasteiger partial charge in [-0.05, 0) is 57.6 Å². The molecule has 0 radical (unpaired) electrons. The third kappa shape index (κ3) is 13.2. The molecule has 0 aliphatic carbocycles. The normalized spacial score (nSPS) is 15.0. The molecule has 0 saturated heterocycles. The number of hydrogen-bond donors (Lipinski definition) is 2. The highest BCUT2D eigenvalue weighted by Crippen LogP contribution is 2.20. The Bertz CT molecular complexity index is 933. The molecule has 0 fully saturated rings. The summed E-state index contributed by atoms with van der Waals surface area (Å²) in [5.74, 6) is -0.239. The zero-order valence-corrected chi connectivity index (χ0v) is 22.5. The fourth-order valence-corrected chi connectivity index (χ4v) is 4.43. The van der Waals surface area contributed by atoms with Crippen LogP contribution in [0.15, 0.2) is 65.6 Å². The van der Waals surface area contributed by atoms with Crippen molar-refractivity contribution in [3.63, 3.8) is 0 Å². The number of allylic oxidation sites excluding steroid dienone is 4. The SMILES string of the molecule is CCCCC/C=C\C[C@@H](OS(=O)(=O)c1ccc(C)cc1)[C@@H](O)[C@@H](O)/C=C\C/C=C\CCCC(=O)OC. The van der Waals surface area contributed by atoms with E-state index in [0.717, 1.165) is 37.7 Å². The molecule has 2 N–H and O–H groups in total. The summed E-state index contributed by atoms with van der Waals surface area (Å²) >= 11 is 0. The summed E-state index contributed by atoms with van der Waals surface area (Å²) in [6.07, 6.45) is 13.3. The molecule has 8 heteroatoms. The quantitative estimate of drug-likeness (QED) is 0.119. The number of hydrogen-bond acceptors (Lipinski definition) is 7. The molecule has 3 atom stereocenters. The maximum Gasteiger partial charge on any atom is 0.305 e. The molecule has 1 aromatic carbocycles. The summed E-state index contributed by atoms with van der Waals surface area (Å²) in [4.78, 5) is 11.1. The van der Waals surface area contributed by atoms with E-state index in [1.165, 1.54) is 25.3 Å². The highest BCUT2D eigenvalue weighted by atomic mass is 32.2. The van der Waals surface area contributed by atoms with E-state index in [-0.39, 0.29) is 17.3 Å². The lowest BCUT2D eigenvalue weighted by molar-refractivity contribution is -0.140. The maximum atomic E-state index is 12.8. The van der Waals surface area contributed by atoms with Crippen molar-refractivity contribution in [2.24, 2.45) is 0 Å². The van der Waals surface area contributed by atoms with Crippen molar-refractivity contribution in [3.8, 4) is 0 Å². The first kappa shape index (κ1) is 31.8. The van der Waals surface area contributed by atoms with Crippen LogP contribution < -0.4 is 0 Å². The van der Waals surface area contributed by atoms with E-state index in [4.69, 9.17) is 4.18 Å². The predicted molar refractivity (Wildman–Crippen MR) is 142 cm³/mol. The number of benzene rings is 1. The van der Waals surface area contributed by atoms with Gasteiger partial charge in [0.25, 0.3) is 10.1 Å². The summed E-state index contributed by atoms with van der Waals surface area (Å²) in [6.45, 7) is 3.98. The van der Waals surface area contributed by atoms with Crippen molar-refractivity contribution < 1.29 is 32.3 Å². The highest BCUT2D eigenvalue weighted by Gasteiger charge is 2.30. The second-order valence-corrected chi connectivity index (χ2v) is 10.3. The summed E-state index contributed by atoms with van der Waals surface area (Å²) in [7, 11) is -2.76. The van der Waals surface area contributed by atoms with Crippen LogP contribution in [0.25, 0.3) is 0 Å². The number of aliphatic hydroxyl groups excluding tert-OH is 2. The lowest BCUT2D eigenvalue weighted by atomic mass is 10.0. The number of esters is 1. The molecule has 0 aromatic heterocycles. The van der Waals surface area contributed by atoms with E-state index in [0.29, 0.717) is 19.3 Å². The molecular formula is C28H42O7S. The van der Waals surface area contributed by atoms with Gasteiger partial charge in [-0.3, -0.25) is 8.98 Å².